The highest BCUT2D eigenvalue weighted by Gasteiger charge is 2.44. The van der Waals surface area contributed by atoms with Crippen molar-refractivity contribution < 1.29 is 19.2 Å². The molecule has 0 spiro atoms. The zero-order valence-electron chi connectivity index (χ0n) is 21.3. The third kappa shape index (κ3) is 4.69. The van der Waals surface area contributed by atoms with Crippen molar-refractivity contribution in [2.75, 3.05) is 62.2 Å². The molecular weight excluding hydrogens is 488 g/mol. The molecule has 2 unspecified atom stereocenters. The highest BCUT2D eigenvalue weighted by Crippen LogP contribution is 2.39. The van der Waals surface area contributed by atoms with Gasteiger partial charge in [0, 0.05) is 63.6 Å². The fourth-order valence-corrected chi connectivity index (χ4v) is 5.83. The van der Waals surface area contributed by atoms with E-state index in [1.54, 1.807) is 34.9 Å². The van der Waals surface area contributed by atoms with Crippen LogP contribution in [0.2, 0.25) is 0 Å². The molecule has 3 aliphatic heterocycles. The first-order chi connectivity index (χ1) is 18.4. The van der Waals surface area contributed by atoms with Gasteiger partial charge < -0.3 is 24.3 Å². The normalized spacial score (nSPS) is 20.7. The van der Waals surface area contributed by atoms with Crippen LogP contribution in [0.15, 0.2) is 42.5 Å². The quantitative estimate of drug-likeness (QED) is 0.447. The van der Waals surface area contributed by atoms with Crippen LogP contribution in [0.1, 0.15) is 18.1 Å². The lowest BCUT2D eigenvalue weighted by Gasteiger charge is -2.50. The first kappa shape index (κ1) is 25.3. The van der Waals surface area contributed by atoms with Crippen molar-refractivity contribution in [3.05, 3.63) is 63.7 Å². The van der Waals surface area contributed by atoms with Crippen molar-refractivity contribution in [1.29, 1.82) is 5.26 Å². The van der Waals surface area contributed by atoms with E-state index in [4.69, 9.17) is 4.74 Å². The second-order valence-electron chi connectivity index (χ2n) is 9.73. The number of non-ortho nitro benzene ring substituents is 1. The third-order valence-corrected chi connectivity index (χ3v) is 7.71. The minimum atomic E-state index is -0.421. The van der Waals surface area contributed by atoms with Crippen molar-refractivity contribution in [3.63, 3.8) is 0 Å². The van der Waals surface area contributed by atoms with E-state index in [9.17, 15) is 25.0 Å². The van der Waals surface area contributed by atoms with Gasteiger partial charge in [-0.05, 0) is 37.1 Å². The van der Waals surface area contributed by atoms with Gasteiger partial charge >= 0.3 is 6.09 Å². The second kappa shape index (κ2) is 10.6. The number of piperazine rings is 2. The van der Waals surface area contributed by atoms with Crippen molar-refractivity contribution >= 4 is 29.1 Å². The van der Waals surface area contributed by atoms with Gasteiger partial charge in [-0.15, -0.1) is 0 Å². The Morgan fingerprint density at radius 1 is 1.05 bits per heavy atom. The van der Waals surface area contributed by atoms with E-state index in [0.717, 1.165) is 16.9 Å². The molecule has 198 valence electrons. The SMILES string of the molecule is CCOC(=O)N1CCN(C(=O)C2Cc3cc([N+](=O)[O-])ccc3N3CCN(c4ccccc4C#N)CC23)CC1. The highest BCUT2D eigenvalue weighted by atomic mass is 16.6. The maximum atomic E-state index is 14.0. The summed E-state index contributed by atoms with van der Waals surface area (Å²) in [6.07, 6.45) is 0.0202. The molecule has 2 aromatic rings. The van der Waals surface area contributed by atoms with E-state index in [1.807, 2.05) is 18.2 Å². The number of amides is 2. The van der Waals surface area contributed by atoms with E-state index in [0.29, 0.717) is 64.4 Å². The number of hydrogen-bond donors (Lipinski definition) is 0. The van der Waals surface area contributed by atoms with Crippen LogP contribution in [-0.2, 0) is 16.0 Å². The highest BCUT2D eigenvalue weighted by molar-refractivity contribution is 5.83. The van der Waals surface area contributed by atoms with Gasteiger partial charge in [0.1, 0.15) is 6.07 Å². The van der Waals surface area contributed by atoms with Gasteiger partial charge in [0.2, 0.25) is 5.91 Å². The van der Waals surface area contributed by atoms with Crippen molar-refractivity contribution in [1.82, 2.24) is 9.80 Å². The van der Waals surface area contributed by atoms with Gasteiger partial charge in [0.25, 0.3) is 5.69 Å². The summed E-state index contributed by atoms with van der Waals surface area (Å²) in [6.45, 7) is 5.50. The molecule has 5 rings (SSSR count). The molecule has 0 radical (unpaired) electrons. The average Bonchev–Trinajstić information content (AvgIpc) is 2.95. The largest absolute Gasteiger partial charge is 0.450 e. The number of nitriles is 1. The average molecular weight is 519 g/mol. The number of benzene rings is 2. The van der Waals surface area contributed by atoms with E-state index in [2.05, 4.69) is 15.9 Å². The summed E-state index contributed by atoms with van der Waals surface area (Å²) in [5, 5.41) is 21.1. The number of fused-ring (bicyclic) bond motifs is 3. The first-order valence-electron chi connectivity index (χ1n) is 12.9. The third-order valence-electron chi connectivity index (χ3n) is 7.71. The molecule has 0 bridgehead atoms. The van der Waals surface area contributed by atoms with Crippen LogP contribution >= 0.6 is 0 Å². The molecular formula is C27H30N6O5. The lowest BCUT2D eigenvalue weighted by molar-refractivity contribution is -0.384. The Morgan fingerprint density at radius 2 is 1.79 bits per heavy atom. The van der Waals surface area contributed by atoms with Gasteiger partial charge in [-0.25, -0.2) is 4.79 Å². The molecule has 0 aromatic heterocycles. The molecule has 11 nitrogen and oxygen atoms in total. The number of hydrogen-bond acceptors (Lipinski definition) is 8. The lowest BCUT2D eigenvalue weighted by Crippen LogP contribution is -2.62. The van der Waals surface area contributed by atoms with Crippen LogP contribution in [0, 0.1) is 27.4 Å². The Morgan fingerprint density at radius 3 is 2.50 bits per heavy atom. The summed E-state index contributed by atoms with van der Waals surface area (Å²) in [6, 6.07) is 14.5. The maximum Gasteiger partial charge on any atom is 0.409 e. The van der Waals surface area contributed by atoms with Gasteiger partial charge in [0.05, 0.1) is 34.7 Å². The number of carbonyl (C=O) groups is 2. The van der Waals surface area contributed by atoms with Crippen LogP contribution in [-0.4, -0.2) is 85.2 Å². The molecule has 0 N–H and O–H groups in total. The number of ether oxygens (including phenoxy) is 1. The van der Waals surface area contributed by atoms with Crippen LogP contribution in [0.3, 0.4) is 0 Å². The van der Waals surface area contributed by atoms with Gasteiger partial charge in [-0.1, -0.05) is 12.1 Å². The van der Waals surface area contributed by atoms with Gasteiger partial charge in [0.15, 0.2) is 0 Å². The van der Waals surface area contributed by atoms with Crippen LogP contribution in [0.4, 0.5) is 21.9 Å². The Bertz CT molecular complexity index is 1280. The fourth-order valence-electron chi connectivity index (χ4n) is 5.83. The number of rotatable bonds is 4. The Hall–Kier alpha value is -4.33. The lowest BCUT2D eigenvalue weighted by atomic mass is 9.82. The molecule has 2 aromatic carbocycles. The van der Waals surface area contributed by atoms with E-state index in [-0.39, 0.29) is 23.7 Å². The standard InChI is InChI=1S/C27H30N6O5/c1-2-38-27(35)30-11-9-29(10-12-30)26(34)22-16-20-15-21(33(36)37)7-8-24(20)32-14-13-31(18-25(22)32)23-6-4-3-5-19(23)17-28/h3-8,15,22,25H,2,9-14,16,18H2,1H3. The molecule has 2 atom stereocenters. The monoisotopic (exact) mass is 518 g/mol. The molecule has 38 heavy (non-hydrogen) atoms. The molecule has 11 heteroatoms. The Kier molecular flexibility index (Phi) is 7.05. The molecule has 3 aliphatic rings. The Balaban J connectivity index is 1.43. The topological polar surface area (TPSA) is 123 Å². The van der Waals surface area contributed by atoms with Crippen LogP contribution in [0.5, 0.6) is 0 Å². The number of anilines is 2. The predicted molar refractivity (Wildman–Crippen MR) is 140 cm³/mol. The first-order valence-corrected chi connectivity index (χ1v) is 12.9. The summed E-state index contributed by atoms with van der Waals surface area (Å²) >= 11 is 0. The smallest absolute Gasteiger partial charge is 0.409 e. The minimum Gasteiger partial charge on any atom is -0.450 e. The van der Waals surface area contributed by atoms with E-state index >= 15 is 0 Å². The zero-order valence-corrected chi connectivity index (χ0v) is 21.3. The fraction of sp³-hybridized carbons (Fsp3) is 0.444. The number of para-hydroxylation sites is 1. The predicted octanol–water partition coefficient (Wildman–Crippen LogP) is 2.63. The van der Waals surface area contributed by atoms with Crippen molar-refractivity contribution in [2.24, 2.45) is 5.92 Å². The summed E-state index contributed by atoms with van der Waals surface area (Å²) in [5.74, 6) is -0.438. The summed E-state index contributed by atoms with van der Waals surface area (Å²) in [4.78, 5) is 44.9. The van der Waals surface area contributed by atoms with Crippen LogP contribution < -0.4 is 9.80 Å². The zero-order chi connectivity index (χ0) is 26.8. The van der Waals surface area contributed by atoms with E-state index < -0.39 is 10.8 Å². The summed E-state index contributed by atoms with van der Waals surface area (Å²) < 4.78 is 5.10. The molecule has 2 amide bonds. The number of nitro benzene ring substituents is 1. The molecule has 2 fully saturated rings. The van der Waals surface area contributed by atoms with Crippen molar-refractivity contribution in [3.8, 4) is 6.07 Å². The number of carbonyl (C=O) groups excluding carboxylic acids is 2. The van der Waals surface area contributed by atoms with Gasteiger partial charge in [-0.3, -0.25) is 14.9 Å². The van der Waals surface area contributed by atoms with Crippen molar-refractivity contribution in [2.45, 2.75) is 19.4 Å². The molecule has 2 saturated heterocycles. The number of nitrogens with zero attached hydrogens (tertiary/aromatic N) is 6. The van der Waals surface area contributed by atoms with Crippen LogP contribution in [0.25, 0.3) is 0 Å². The molecule has 0 aliphatic carbocycles. The number of nitro groups is 1. The van der Waals surface area contributed by atoms with Gasteiger partial charge in [-0.2, -0.15) is 5.26 Å². The van der Waals surface area contributed by atoms with E-state index in [1.165, 1.54) is 6.07 Å². The second-order valence-corrected chi connectivity index (χ2v) is 9.73. The molecule has 3 heterocycles. The maximum absolute atomic E-state index is 14.0. The Labute approximate surface area is 220 Å². The minimum absolute atomic E-state index is 0.0121. The summed E-state index contributed by atoms with van der Waals surface area (Å²) in [7, 11) is 0. The summed E-state index contributed by atoms with van der Waals surface area (Å²) in [5.41, 5.74) is 3.16. The molecule has 0 saturated carbocycles.